The molecule has 1 aromatic heterocycles. The Bertz CT molecular complexity index is 591. The Kier molecular flexibility index (Phi) is 4.35. The molecule has 1 amide bonds. The van der Waals surface area contributed by atoms with Crippen molar-refractivity contribution >= 4 is 11.7 Å². The van der Waals surface area contributed by atoms with E-state index in [2.05, 4.69) is 10.3 Å². The lowest BCUT2D eigenvalue weighted by Gasteiger charge is -2.11. The highest BCUT2D eigenvalue weighted by molar-refractivity contribution is 5.93. The van der Waals surface area contributed by atoms with Gasteiger partial charge in [-0.3, -0.25) is 4.79 Å². The summed E-state index contributed by atoms with van der Waals surface area (Å²) in [5.41, 5.74) is 2.80. The zero-order valence-corrected chi connectivity index (χ0v) is 12.1. The predicted octanol–water partition coefficient (Wildman–Crippen LogP) is 2.70. The molecule has 104 valence electrons. The molecule has 2 aromatic rings. The number of rotatable bonds is 4. The van der Waals surface area contributed by atoms with E-state index in [-0.39, 0.29) is 5.91 Å². The van der Waals surface area contributed by atoms with Gasteiger partial charge in [0.15, 0.2) is 0 Å². The van der Waals surface area contributed by atoms with Crippen molar-refractivity contribution in [1.29, 1.82) is 0 Å². The molecule has 2 rings (SSSR count). The molecule has 1 heterocycles. The van der Waals surface area contributed by atoms with Gasteiger partial charge < -0.3 is 10.2 Å². The molecule has 4 heteroatoms. The van der Waals surface area contributed by atoms with E-state index in [4.69, 9.17) is 0 Å². The van der Waals surface area contributed by atoms with Crippen LogP contribution in [0.25, 0.3) is 0 Å². The van der Waals surface area contributed by atoms with Crippen LogP contribution < -0.4 is 5.32 Å². The fourth-order valence-corrected chi connectivity index (χ4v) is 1.86. The van der Waals surface area contributed by atoms with Crippen molar-refractivity contribution in [1.82, 2.24) is 9.88 Å². The number of aryl methyl sites for hydroxylation is 1. The third-order valence-electron chi connectivity index (χ3n) is 2.97. The van der Waals surface area contributed by atoms with Gasteiger partial charge in [-0.05, 0) is 36.8 Å². The molecular weight excluding hydrogens is 250 g/mol. The van der Waals surface area contributed by atoms with Crippen LogP contribution in [0, 0.1) is 6.92 Å². The summed E-state index contributed by atoms with van der Waals surface area (Å²) in [7, 11) is 3.50. The summed E-state index contributed by atoms with van der Waals surface area (Å²) in [6.07, 6.45) is 0. The molecule has 1 N–H and O–H groups in total. The molecule has 0 bridgehead atoms. The Morgan fingerprint density at radius 1 is 1.15 bits per heavy atom. The second-order valence-electron chi connectivity index (χ2n) is 4.91. The van der Waals surface area contributed by atoms with Gasteiger partial charge in [0.2, 0.25) is 0 Å². The molecule has 0 fully saturated rings. The lowest BCUT2D eigenvalue weighted by atomic mass is 10.1. The van der Waals surface area contributed by atoms with E-state index in [0.717, 1.165) is 17.1 Å². The SMILES string of the molecule is Cc1cccc(NCc2ccc(C(=O)N(C)C)cc2)n1. The highest BCUT2D eigenvalue weighted by Crippen LogP contribution is 2.09. The first-order valence-electron chi connectivity index (χ1n) is 6.54. The fraction of sp³-hybridized carbons (Fsp3) is 0.250. The monoisotopic (exact) mass is 269 g/mol. The quantitative estimate of drug-likeness (QED) is 0.928. The maximum Gasteiger partial charge on any atom is 0.253 e. The van der Waals surface area contributed by atoms with Gasteiger partial charge in [-0.15, -0.1) is 0 Å². The van der Waals surface area contributed by atoms with Gasteiger partial charge >= 0.3 is 0 Å². The Balaban J connectivity index is 1.99. The fourth-order valence-electron chi connectivity index (χ4n) is 1.86. The van der Waals surface area contributed by atoms with E-state index in [1.165, 1.54) is 0 Å². The summed E-state index contributed by atoms with van der Waals surface area (Å²) in [6, 6.07) is 13.5. The number of anilines is 1. The minimum Gasteiger partial charge on any atom is -0.366 e. The van der Waals surface area contributed by atoms with Crippen LogP contribution in [0.5, 0.6) is 0 Å². The molecule has 1 aromatic carbocycles. The van der Waals surface area contributed by atoms with Gasteiger partial charge in [0.1, 0.15) is 5.82 Å². The van der Waals surface area contributed by atoms with Crippen LogP contribution in [-0.2, 0) is 6.54 Å². The average molecular weight is 269 g/mol. The van der Waals surface area contributed by atoms with Crippen molar-refractivity contribution in [3.05, 3.63) is 59.3 Å². The number of hydrogen-bond acceptors (Lipinski definition) is 3. The Morgan fingerprint density at radius 3 is 2.45 bits per heavy atom. The molecule has 0 radical (unpaired) electrons. The van der Waals surface area contributed by atoms with Gasteiger partial charge in [0, 0.05) is 31.9 Å². The molecule has 0 saturated carbocycles. The molecule has 0 aliphatic carbocycles. The zero-order chi connectivity index (χ0) is 14.5. The summed E-state index contributed by atoms with van der Waals surface area (Å²) in [4.78, 5) is 17.7. The summed E-state index contributed by atoms with van der Waals surface area (Å²) in [6.45, 7) is 2.65. The summed E-state index contributed by atoms with van der Waals surface area (Å²) in [5, 5.41) is 3.27. The zero-order valence-electron chi connectivity index (χ0n) is 12.1. The first-order valence-corrected chi connectivity index (χ1v) is 6.54. The van der Waals surface area contributed by atoms with Crippen molar-refractivity contribution in [3.63, 3.8) is 0 Å². The third-order valence-corrected chi connectivity index (χ3v) is 2.97. The third kappa shape index (κ3) is 3.57. The molecule has 20 heavy (non-hydrogen) atoms. The molecule has 0 saturated heterocycles. The first kappa shape index (κ1) is 14.1. The van der Waals surface area contributed by atoms with Gasteiger partial charge in [-0.2, -0.15) is 0 Å². The number of benzene rings is 1. The van der Waals surface area contributed by atoms with Crippen molar-refractivity contribution in [3.8, 4) is 0 Å². The van der Waals surface area contributed by atoms with Gasteiger partial charge in [0.25, 0.3) is 5.91 Å². The van der Waals surface area contributed by atoms with Crippen LogP contribution in [0.3, 0.4) is 0 Å². The van der Waals surface area contributed by atoms with Crippen LogP contribution in [0.2, 0.25) is 0 Å². The normalized spacial score (nSPS) is 10.2. The van der Waals surface area contributed by atoms with E-state index in [1.807, 2.05) is 49.4 Å². The number of aromatic nitrogens is 1. The molecule has 0 aliphatic rings. The molecule has 0 unspecified atom stereocenters. The van der Waals surface area contributed by atoms with Crippen molar-refractivity contribution < 1.29 is 4.79 Å². The van der Waals surface area contributed by atoms with E-state index in [1.54, 1.807) is 19.0 Å². The van der Waals surface area contributed by atoms with Crippen LogP contribution >= 0.6 is 0 Å². The maximum absolute atomic E-state index is 11.8. The maximum atomic E-state index is 11.8. The number of carbonyl (C=O) groups is 1. The highest BCUT2D eigenvalue weighted by atomic mass is 16.2. The predicted molar refractivity (Wildman–Crippen MR) is 80.8 cm³/mol. The van der Waals surface area contributed by atoms with Crippen LogP contribution in [0.1, 0.15) is 21.6 Å². The number of amides is 1. The second kappa shape index (κ2) is 6.19. The minimum atomic E-state index is 0.0184. The standard InChI is InChI=1S/C16H19N3O/c1-12-5-4-6-15(18-12)17-11-13-7-9-14(10-8-13)16(20)19(2)3/h4-10H,11H2,1-3H3,(H,17,18). The molecular formula is C16H19N3O. The summed E-state index contributed by atoms with van der Waals surface area (Å²) in [5.74, 6) is 0.878. The van der Waals surface area contributed by atoms with Crippen molar-refractivity contribution in [2.75, 3.05) is 19.4 Å². The van der Waals surface area contributed by atoms with Crippen LogP contribution in [0.15, 0.2) is 42.5 Å². The topological polar surface area (TPSA) is 45.2 Å². The number of nitrogens with zero attached hydrogens (tertiary/aromatic N) is 2. The minimum absolute atomic E-state index is 0.0184. The second-order valence-corrected chi connectivity index (χ2v) is 4.91. The van der Waals surface area contributed by atoms with Crippen molar-refractivity contribution in [2.45, 2.75) is 13.5 Å². The van der Waals surface area contributed by atoms with Gasteiger partial charge in [-0.1, -0.05) is 18.2 Å². The van der Waals surface area contributed by atoms with Crippen LogP contribution in [-0.4, -0.2) is 29.9 Å². The Labute approximate surface area is 119 Å². The molecule has 0 spiro atoms. The Hall–Kier alpha value is -2.36. The average Bonchev–Trinajstić information content (AvgIpc) is 2.45. The van der Waals surface area contributed by atoms with Crippen LogP contribution in [0.4, 0.5) is 5.82 Å². The number of hydrogen-bond donors (Lipinski definition) is 1. The lowest BCUT2D eigenvalue weighted by molar-refractivity contribution is 0.0827. The van der Waals surface area contributed by atoms with E-state index >= 15 is 0 Å². The smallest absolute Gasteiger partial charge is 0.253 e. The van der Waals surface area contributed by atoms with E-state index in [0.29, 0.717) is 12.1 Å². The van der Waals surface area contributed by atoms with Gasteiger partial charge in [-0.25, -0.2) is 4.98 Å². The summed E-state index contributed by atoms with van der Waals surface area (Å²) >= 11 is 0. The number of pyridine rings is 1. The largest absolute Gasteiger partial charge is 0.366 e. The number of carbonyl (C=O) groups excluding carboxylic acids is 1. The van der Waals surface area contributed by atoms with Crippen molar-refractivity contribution in [2.24, 2.45) is 0 Å². The molecule has 0 atom stereocenters. The van der Waals surface area contributed by atoms with Gasteiger partial charge in [0.05, 0.1) is 0 Å². The molecule has 0 aliphatic heterocycles. The summed E-state index contributed by atoms with van der Waals surface area (Å²) < 4.78 is 0. The van der Waals surface area contributed by atoms with E-state index < -0.39 is 0 Å². The number of nitrogens with one attached hydrogen (secondary N) is 1. The highest BCUT2D eigenvalue weighted by Gasteiger charge is 2.06. The molecule has 4 nitrogen and oxygen atoms in total. The Morgan fingerprint density at radius 2 is 1.85 bits per heavy atom. The van der Waals surface area contributed by atoms with E-state index in [9.17, 15) is 4.79 Å². The first-order chi connectivity index (χ1) is 9.56. The lowest BCUT2D eigenvalue weighted by Crippen LogP contribution is -2.21.